The number of piperazine rings is 1. The molecule has 5 rings (SSSR count). The molecule has 1 aliphatic rings. The average Bonchev–Trinajstić information content (AvgIpc) is 3.55. The second kappa shape index (κ2) is 9.41. The second-order valence-electron chi connectivity index (χ2n) is 7.93. The minimum atomic E-state index is -0.654. The number of hydrogen-bond acceptors (Lipinski definition) is 6. The Hall–Kier alpha value is -3.72. The number of nitrogens with one attached hydrogen (secondary N) is 2. The number of para-hydroxylation sites is 1. The quantitative estimate of drug-likeness (QED) is 0.461. The summed E-state index contributed by atoms with van der Waals surface area (Å²) in [5.41, 5.74) is 2.02. The zero-order valence-electron chi connectivity index (χ0n) is 18.0. The van der Waals surface area contributed by atoms with E-state index in [-0.39, 0.29) is 11.8 Å². The molecule has 9 heteroatoms. The first-order valence-corrected chi connectivity index (χ1v) is 11.8. The minimum absolute atomic E-state index is 0.0705. The zero-order valence-corrected chi connectivity index (χ0v) is 18.8. The van der Waals surface area contributed by atoms with Crippen molar-refractivity contribution in [2.24, 2.45) is 0 Å². The number of rotatable bonds is 6. The molecule has 4 heterocycles. The molecule has 8 nitrogen and oxygen atoms in total. The number of amides is 2. The van der Waals surface area contributed by atoms with Gasteiger partial charge in [-0.3, -0.25) is 9.59 Å². The van der Waals surface area contributed by atoms with Crippen LogP contribution in [-0.4, -0.2) is 63.9 Å². The summed E-state index contributed by atoms with van der Waals surface area (Å²) in [5, 5.41) is 5.91. The lowest BCUT2D eigenvalue weighted by atomic mass is 10.0. The van der Waals surface area contributed by atoms with Gasteiger partial charge in [0.25, 0.3) is 5.91 Å². The summed E-state index contributed by atoms with van der Waals surface area (Å²) in [6, 6.07) is 12.7. The van der Waals surface area contributed by atoms with Crippen LogP contribution in [0.15, 0.2) is 66.4 Å². The number of fused-ring (bicyclic) bond motifs is 1. The molecular weight excluding hydrogens is 436 g/mol. The van der Waals surface area contributed by atoms with Gasteiger partial charge in [0.05, 0.1) is 4.88 Å². The van der Waals surface area contributed by atoms with Gasteiger partial charge in [-0.15, -0.1) is 11.3 Å². The van der Waals surface area contributed by atoms with Gasteiger partial charge < -0.3 is 20.1 Å². The number of nitrogens with zero attached hydrogens (tertiary/aromatic N) is 4. The summed E-state index contributed by atoms with van der Waals surface area (Å²) < 4.78 is 0. The lowest BCUT2D eigenvalue weighted by Crippen LogP contribution is -2.55. The van der Waals surface area contributed by atoms with Gasteiger partial charge in [0.1, 0.15) is 6.04 Å². The SMILES string of the molecule is O=C(N[C@H](Cc1c[nH]c2ccccc12)C(=O)N1CCN(c2ncccn2)CC1)c1cccs1. The van der Waals surface area contributed by atoms with Gasteiger partial charge in [0.15, 0.2) is 0 Å². The highest BCUT2D eigenvalue weighted by atomic mass is 32.1. The first kappa shape index (κ1) is 21.1. The molecule has 4 aromatic rings. The van der Waals surface area contributed by atoms with Gasteiger partial charge in [0, 0.05) is 62.1 Å². The van der Waals surface area contributed by atoms with Crippen LogP contribution in [0.5, 0.6) is 0 Å². The molecule has 1 atom stereocenters. The van der Waals surface area contributed by atoms with E-state index in [2.05, 4.69) is 25.2 Å². The molecule has 3 aromatic heterocycles. The maximum absolute atomic E-state index is 13.6. The van der Waals surface area contributed by atoms with Crippen LogP contribution in [0, 0.1) is 0 Å². The molecular formula is C24H24N6O2S. The van der Waals surface area contributed by atoms with E-state index >= 15 is 0 Å². The zero-order chi connectivity index (χ0) is 22.6. The predicted octanol–water partition coefficient (Wildman–Crippen LogP) is 2.71. The van der Waals surface area contributed by atoms with Crippen LogP contribution >= 0.6 is 11.3 Å². The summed E-state index contributed by atoms with van der Waals surface area (Å²) in [6.07, 6.45) is 5.78. The van der Waals surface area contributed by atoms with Crippen molar-refractivity contribution in [1.82, 2.24) is 25.2 Å². The summed E-state index contributed by atoms with van der Waals surface area (Å²) in [7, 11) is 0. The highest BCUT2D eigenvalue weighted by Crippen LogP contribution is 2.21. The summed E-state index contributed by atoms with van der Waals surface area (Å²) in [5.74, 6) is 0.379. The number of anilines is 1. The highest BCUT2D eigenvalue weighted by Gasteiger charge is 2.30. The fourth-order valence-corrected chi connectivity index (χ4v) is 4.79. The molecule has 0 saturated carbocycles. The maximum Gasteiger partial charge on any atom is 0.262 e. The Labute approximate surface area is 195 Å². The number of H-pyrrole nitrogens is 1. The molecule has 0 spiro atoms. The number of carbonyl (C=O) groups is 2. The van der Waals surface area contributed by atoms with Gasteiger partial charge in [0.2, 0.25) is 11.9 Å². The van der Waals surface area contributed by atoms with Crippen LogP contribution in [-0.2, 0) is 11.2 Å². The van der Waals surface area contributed by atoms with Crippen molar-refractivity contribution in [2.45, 2.75) is 12.5 Å². The van der Waals surface area contributed by atoms with Crippen LogP contribution in [0.3, 0.4) is 0 Å². The lowest BCUT2D eigenvalue weighted by molar-refractivity contribution is -0.133. The smallest absolute Gasteiger partial charge is 0.262 e. The van der Waals surface area contributed by atoms with E-state index in [0.717, 1.165) is 16.5 Å². The largest absolute Gasteiger partial charge is 0.361 e. The molecule has 1 saturated heterocycles. The van der Waals surface area contributed by atoms with Crippen LogP contribution < -0.4 is 10.2 Å². The van der Waals surface area contributed by atoms with Crippen molar-refractivity contribution in [3.05, 3.63) is 76.9 Å². The Morgan fingerprint density at radius 1 is 1.03 bits per heavy atom. The molecule has 33 heavy (non-hydrogen) atoms. The van der Waals surface area contributed by atoms with Gasteiger partial charge in [-0.1, -0.05) is 24.3 Å². The Bertz CT molecular complexity index is 1230. The number of hydrogen-bond donors (Lipinski definition) is 2. The normalized spacial score (nSPS) is 14.9. The number of benzene rings is 1. The van der Waals surface area contributed by atoms with Crippen molar-refractivity contribution in [2.75, 3.05) is 31.1 Å². The van der Waals surface area contributed by atoms with Crippen molar-refractivity contribution in [3.63, 3.8) is 0 Å². The standard InChI is InChI=1S/C24H24N6O2S/c31-22(21-7-3-14-33-21)28-20(15-17-16-27-19-6-2-1-5-18(17)19)23(32)29-10-12-30(13-11-29)24-25-8-4-9-26-24/h1-9,14,16,20,27H,10-13,15H2,(H,28,31)/t20-/m1/s1. The van der Waals surface area contributed by atoms with Gasteiger partial charge in [-0.25, -0.2) is 9.97 Å². The number of aromatic amines is 1. The first-order chi connectivity index (χ1) is 16.2. The Kier molecular flexibility index (Phi) is 6.03. The van der Waals surface area contributed by atoms with E-state index in [1.165, 1.54) is 11.3 Å². The third-order valence-electron chi connectivity index (χ3n) is 5.87. The average molecular weight is 461 g/mol. The van der Waals surface area contributed by atoms with E-state index in [4.69, 9.17) is 0 Å². The van der Waals surface area contributed by atoms with Crippen molar-refractivity contribution in [1.29, 1.82) is 0 Å². The second-order valence-corrected chi connectivity index (χ2v) is 8.88. The molecule has 2 amide bonds. The molecule has 0 radical (unpaired) electrons. The lowest BCUT2D eigenvalue weighted by Gasteiger charge is -2.36. The van der Waals surface area contributed by atoms with Crippen molar-refractivity contribution in [3.8, 4) is 0 Å². The molecule has 0 aliphatic carbocycles. The minimum Gasteiger partial charge on any atom is -0.361 e. The van der Waals surface area contributed by atoms with E-state index in [0.29, 0.717) is 43.4 Å². The van der Waals surface area contributed by atoms with E-state index in [9.17, 15) is 9.59 Å². The third kappa shape index (κ3) is 4.58. The number of thiophene rings is 1. The summed E-state index contributed by atoms with van der Waals surface area (Å²) in [4.78, 5) is 42.8. The molecule has 0 bridgehead atoms. The highest BCUT2D eigenvalue weighted by molar-refractivity contribution is 7.12. The van der Waals surface area contributed by atoms with E-state index < -0.39 is 6.04 Å². The predicted molar refractivity (Wildman–Crippen MR) is 128 cm³/mol. The maximum atomic E-state index is 13.6. The Morgan fingerprint density at radius 3 is 2.58 bits per heavy atom. The monoisotopic (exact) mass is 460 g/mol. The Morgan fingerprint density at radius 2 is 1.82 bits per heavy atom. The fourth-order valence-electron chi connectivity index (χ4n) is 4.16. The summed E-state index contributed by atoms with van der Waals surface area (Å²) >= 11 is 1.37. The van der Waals surface area contributed by atoms with E-state index in [1.807, 2.05) is 46.8 Å². The van der Waals surface area contributed by atoms with Crippen LogP contribution in [0.2, 0.25) is 0 Å². The van der Waals surface area contributed by atoms with Gasteiger partial charge >= 0.3 is 0 Å². The summed E-state index contributed by atoms with van der Waals surface area (Å²) in [6.45, 7) is 2.40. The molecule has 1 fully saturated rings. The van der Waals surface area contributed by atoms with Crippen LogP contribution in [0.1, 0.15) is 15.2 Å². The molecule has 2 N–H and O–H groups in total. The van der Waals surface area contributed by atoms with Crippen molar-refractivity contribution >= 4 is 40.0 Å². The third-order valence-corrected chi connectivity index (χ3v) is 6.74. The van der Waals surface area contributed by atoms with Gasteiger partial charge in [-0.05, 0) is 29.1 Å². The van der Waals surface area contributed by atoms with Crippen LogP contribution in [0.25, 0.3) is 10.9 Å². The number of carbonyl (C=O) groups excluding carboxylic acids is 2. The molecule has 1 aromatic carbocycles. The topological polar surface area (TPSA) is 94.2 Å². The number of aromatic nitrogens is 3. The van der Waals surface area contributed by atoms with E-state index in [1.54, 1.807) is 24.5 Å². The van der Waals surface area contributed by atoms with Crippen LogP contribution in [0.4, 0.5) is 5.95 Å². The molecule has 168 valence electrons. The van der Waals surface area contributed by atoms with Crippen molar-refractivity contribution < 1.29 is 9.59 Å². The van der Waals surface area contributed by atoms with Gasteiger partial charge in [-0.2, -0.15) is 0 Å². The first-order valence-electron chi connectivity index (χ1n) is 10.9. The molecule has 1 aliphatic heterocycles. The Balaban J connectivity index is 1.33. The molecule has 0 unspecified atom stereocenters. The fraction of sp³-hybridized carbons (Fsp3) is 0.250.